The highest BCUT2D eigenvalue weighted by molar-refractivity contribution is 5.45. The third kappa shape index (κ3) is 2.09. The fourth-order valence-corrected chi connectivity index (χ4v) is 1.67. The first kappa shape index (κ1) is 11.5. The van der Waals surface area contributed by atoms with Gasteiger partial charge in [-0.1, -0.05) is 12.1 Å². The number of benzene rings is 1. The van der Waals surface area contributed by atoms with Gasteiger partial charge in [0, 0.05) is 12.6 Å². The summed E-state index contributed by atoms with van der Waals surface area (Å²) in [4.78, 5) is 0. The Morgan fingerprint density at radius 2 is 2.24 bits per heavy atom. The number of anilines is 1. The maximum atomic E-state index is 10.2. The second-order valence-corrected chi connectivity index (χ2v) is 3.79. The van der Waals surface area contributed by atoms with Crippen LogP contribution in [0.3, 0.4) is 0 Å². The molecule has 0 bridgehead atoms. The lowest BCUT2D eigenvalue weighted by atomic mass is 10.0. The van der Waals surface area contributed by atoms with Crippen molar-refractivity contribution in [2.45, 2.75) is 6.10 Å². The van der Waals surface area contributed by atoms with Crippen molar-refractivity contribution < 1.29 is 9.84 Å². The van der Waals surface area contributed by atoms with Crippen molar-refractivity contribution in [2.75, 3.05) is 12.8 Å². The van der Waals surface area contributed by atoms with Crippen molar-refractivity contribution in [3.8, 4) is 5.75 Å². The number of nitrogens with two attached hydrogens (primary N) is 1. The monoisotopic (exact) mass is 233 g/mol. The molecule has 0 fully saturated rings. The molecule has 0 saturated heterocycles. The first-order valence-corrected chi connectivity index (χ1v) is 5.23. The molecule has 0 aliphatic carbocycles. The molecule has 0 aliphatic rings. The molecular formula is C12H15N3O2. The van der Waals surface area contributed by atoms with Crippen molar-refractivity contribution in [3.63, 3.8) is 0 Å². The van der Waals surface area contributed by atoms with Crippen LogP contribution >= 0.6 is 0 Å². The van der Waals surface area contributed by atoms with Crippen molar-refractivity contribution in [2.24, 2.45) is 7.05 Å². The lowest BCUT2D eigenvalue weighted by Crippen LogP contribution is -2.04. The number of nitrogen functional groups attached to an aromatic ring is 1. The van der Waals surface area contributed by atoms with Gasteiger partial charge in [-0.2, -0.15) is 5.10 Å². The number of hydrogen-bond acceptors (Lipinski definition) is 4. The van der Waals surface area contributed by atoms with E-state index in [1.807, 2.05) is 18.2 Å². The van der Waals surface area contributed by atoms with E-state index in [4.69, 9.17) is 10.5 Å². The largest absolute Gasteiger partial charge is 0.497 e. The first-order valence-electron chi connectivity index (χ1n) is 5.23. The van der Waals surface area contributed by atoms with E-state index in [9.17, 15) is 5.11 Å². The van der Waals surface area contributed by atoms with Crippen molar-refractivity contribution >= 4 is 5.82 Å². The van der Waals surface area contributed by atoms with Crippen LogP contribution in [0.5, 0.6) is 5.75 Å². The lowest BCUT2D eigenvalue weighted by Gasteiger charge is -2.11. The average molecular weight is 233 g/mol. The fraction of sp³-hybridized carbons (Fsp3) is 0.250. The predicted molar refractivity (Wildman–Crippen MR) is 64.7 cm³/mol. The number of ether oxygens (including phenoxy) is 1. The molecular weight excluding hydrogens is 218 g/mol. The summed E-state index contributed by atoms with van der Waals surface area (Å²) in [5.41, 5.74) is 7.14. The Hall–Kier alpha value is -2.01. The molecule has 0 spiro atoms. The van der Waals surface area contributed by atoms with Gasteiger partial charge in [-0.15, -0.1) is 0 Å². The summed E-state index contributed by atoms with van der Waals surface area (Å²) in [7, 11) is 3.32. The second-order valence-electron chi connectivity index (χ2n) is 3.79. The summed E-state index contributed by atoms with van der Waals surface area (Å²) in [5, 5.41) is 14.2. The van der Waals surface area contributed by atoms with Crippen LogP contribution in [0, 0.1) is 0 Å². The van der Waals surface area contributed by atoms with E-state index in [-0.39, 0.29) is 0 Å². The molecule has 17 heavy (non-hydrogen) atoms. The highest BCUT2D eigenvalue weighted by Crippen LogP contribution is 2.27. The van der Waals surface area contributed by atoms with Crippen LogP contribution in [0.4, 0.5) is 5.82 Å². The molecule has 1 aromatic carbocycles. The zero-order valence-electron chi connectivity index (χ0n) is 9.79. The third-order valence-corrected chi connectivity index (χ3v) is 2.72. The molecule has 5 nitrogen and oxygen atoms in total. The highest BCUT2D eigenvalue weighted by atomic mass is 16.5. The van der Waals surface area contributed by atoms with Crippen LogP contribution in [0.15, 0.2) is 30.5 Å². The van der Waals surface area contributed by atoms with E-state index in [0.717, 1.165) is 5.56 Å². The molecule has 1 aromatic heterocycles. The fourth-order valence-electron chi connectivity index (χ4n) is 1.67. The highest BCUT2D eigenvalue weighted by Gasteiger charge is 2.16. The van der Waals surface area contributed by atoms with E-state index in [1.54, 1.807) is 26.4 Å². The number of hydrogen-bond donors (Lipinski definition) is 2. The number of aromatic nitrogens is 2. The molecule has 0 aliphatic heterocycles. The minimum absolute atomic E-state index is 0.459. The number of rotatable bonds is 3. The number of aliphatic hydroxyl groups is 1. The number of aliphatic hydroxyl groups excluding tert-OH is 1. The Kier molecular flexibility index (Phi) is 3.01. The van der Waals surface area contributed by atoms with Crippen molar-refractivity contribution in [1.82, 2.24) is 9.78 Å². The van der Waals surface area contributed by atoms with E-state index < -0.39 is 6.10 Å². The maximum Gasteiger partial charge on any atom is 0.127 e. The Bertz CT molecular complexity index is 522. The SMILES string of the molecule is COc1cccc(C(O)c2cnn(C)c2N)c1. The summed E-state index contributed by atoms with van der Waals surface area (Å²) in [5.74, 6) is 1.16. The molecule has 0 amide bonds. The molecule has 0 radical (unpaired) electrons. The van der Waals surface area contributed by atoms with Crippen LogP contribution in [0.25, 0.3) is 0 Å². The molecule has 1 unspecified atom stereocenters. The van der Waals surface area contributed by atoms with Gasteiger partial charge in [0.05, 0.1) is 13.3 Å². The van der Waals surface area contributed by atoms with E-state index in [0.29, 0.717) is 17.1 Å². The zero-order valence-corrected chi connectivity index (χ0v) is 9.79. The van der Waals surface area contributed by atoms with Gasteiger partial charge >= 0.3 is 0 Å². The van der Waals surface area contributed by atoms with Crippen molar-refractivity contribution in [1.29, 1.82) is 0 Å². The first-order chi connectivity index (χ1) is 8.13. The Balaban J connectivity index is 2.36. The van der Waals surface area contributed by atoms with Gasteiger partial charge in [-0.25, -0.2) is 0 Å². The van der Waals surface area contributed by atoms with Crippen LogP contribution < -0.4 is 10.5 Å². The third-order valence-electron chi connectivity index (χ3n) is 2.72. The summed E-state index contributed by atoms with van der Waals surface area (Å²) >= 11 is 0. The number of aryl methyl sites for hydroxylation is 1. The van der Waals surface area contributed by atoms with Crippen LogP contribution in [0.2, 0.25) is 0 Å². The normalized spacial score (nSPS) is 12.4. The number of methoxy groups -OCH3 is 1. The maximum absolute atomic E-state index is 10.2. The average Bonchev–Trinajstić information content (AvgIpc) is 2.69. The summed E-state index contributed by atoms with van der Waals surface area (Å²) < 4.78 is 6.64. The minimum Gasteiger partial charge on any atom is -0.497 e. The summed E-state index contributed by atoms with van der Waals surface area (Å²) in [6.45, 7) is 0. The lowest BCUT2D eigenvalue weighted by molar-refractivity contribution is 0.220. The van der Waals surface area contributed by atoms with Gasteiger partial charge in [-0.3, -0.25) is 4.68 Å². The topological polar surface area (TPSA) is 73.3 Å². The molecule has 2 rings (SSSR count). The predicted octanol–water partition coefficient (Wildman–Crippen LogP) is 1.09. The molecule has 5 heteroatoms. The second kappa shape index (κ2) is 4.47. The van der Waals surface area contributed by atoms with E-state index in [1.165, 1.54) is 4.68 Å². The standard InChI is InChI=1S/C12H15N3O2/c1-15-12(13)10(7-14-15)11(16)8-4-3-5-9(6-8)17-2/h3-7,11,16H,13H2,1-2H3. The Labute approximate surface area is 99.4 Å². The van der Waals surface area contributed by atoms with Crippen LogP contribution in [0.1, 0.15) is 17.2 Å². The summed E-state index contributed by atoms with van der Waals surface area (Å²) in [6.07, 6.45) is 0.776. The molecule has 0 saturated carbocycles. The van der Waals surface area contributed by atoms with Crippen LogP contribution in [-0.4, -0.2) is 22.0 Å². The molecule has 1 heterocycles. The van der Waals surface area contributed by atoms with E-state index in [2.05, 4.69) is 5.10 Å². The van der Waals surface area contributed by atoms with Gasteiger partial charge in [0.25, 0.3) is 0 Å². The van der Waals surface area contributed by atoms with E-state index >= 15 is 0 Å². The van der Waals surface area contributed by atoms with Gasteiger partial charge < -0.3 is 15.6 Å². The van der Waals surface area contributed by atoms with Gasteiger partial charge in [-0.05, 0) is 17.7 Å². The van der Waals surface area contributed by atoms with Crippen LogP contribution in [-0.2, 0) is 7.05 Å². The quantitative estimate of drug-likeness (QED) is 0.832. The smallest absolute Gasteiger partial charge is 0.127 e. The molecule has 3 N–H and O–H groups in total. The van der Waals surface area contributed by atoms with Gasteiger partial charge in [0.1, 0.15) is 17.7 Å². The Morgan fingerprint density at radius 3 is 2.82 bits per heavy atom. The molecule has 90 valence electrons. The van der Waals surface area contributed by atoms with Gasteiger partial charge in [0.15, 0.2) is 0 Å². The molecule has 1 atom stereocenters. The zero-order chi connectivity index (χ0) is 12.4. The summed E-state index contributed by atoms with van der Waals surface area (Å²) in [6, 6.07) is 7.24. The van der Waals surface area contributed by atoms with Gasteiger partial charge in [0.2, 0.25) is 0 Å². The molecule has 2 aromatic rings. The Morgan fingerprint density at radius 1 is 1.47 bits per heavy atom. The van der Waals surface area contributed by atoms with Crippen molar-refractivity contribution in [3.05, 3.63) is 41.6 Å². The number of nitrogens with zero attached hydrogens (tertiary/aromatic N) is 2. The minimum atomic E-state index is -0.793.